The van der Waals surface area contributed by atoms with Crippen LogP contribution in [0.3, 0.4) is 0 Å². The summed E-state index contributed by atoms with van der Waals surface area (Å²) in [6.45, 7) is 5.48. The zero-order valence-corrected chi connectivity index (χ0v) is 20.2. The van der Waals surface area contributed by atoms with Crippen molar-refractivity contribution in [2.45, 2.75) is 13.0 Å². The Labute approximate surface area is 203 Å². The monoisotopic (exact) mass is 484 g/mol. The summed E-state index contributed by atoms with van der Waals surface area (Å²) in [5.41, 5.74) is 3.28. The van der Waals surface area contributed by atoms with Crippen LogP contribution in [-0.4, -0.2) is 81.5 Å². The first-order valence-corrected chi connectivity index (χ1v) is 11.5. The van der Waals surface area contributed by atoms with Crippen molar-refractivity contribution in [1.29, 1.82) is 0 Å². The fraction of sp³-hybridized carbons (Fsp3) is 0.391. The highest BCUT2D eigenvalue weighted by molar-refractivity contribution is 6.33. The number of nitrogens with one attached hydrogen (secondary N) is 2. The van der Waals surface area contributed by atoms with Gasteiger partial charge in [0.25, 0.3) is 5.91 Å². The van der Waals surface area contributed by atoms with Gasteiger partial charge in [0.15, 0.2) is 0 Å². The predicted octanol–water partition coefficient (Wildman–Crippen LogP) is 2.14. The van der Waals surface area contributed by atoms with Crippen LogP contribution in [0.25, 0.3) is 11.4 Å². The number of amides is 1. The van der Waals surface area contributed by atoms with Crippen molar-refractivity contribution in [1.82, 2.24) is 30.0 Å². The zero-order valence-electron chi connectivity index (χ0n) is 19.5. The van der Waals surface area contributed by atoms with Crippen LogP contribution < -0.4 is 15.5 Å². The Morgan fingerprint density at radius 2 is 1.91 bits per heavy atom. The molecule has 2 aromatic heterocycles. The van der Waals surface area contributed by atoms with Crippen molar-refractivity contribution in [3.63, 3.8) is 0 Å². The Kier molecular flexibility index (Phi) is 7.30. The summed E-state index contributed by atoms with van der Waals surface area (Å²) in [6, 6.07) is 8.88. The molecule has 1 unspecified atom stereocenters. The number of aliphatic hydroxyl groups is 1. The first kappa shape index (κ1) is 23.9. The Morgan fingerprint density at radius 3 is 2.62 bits per heavy atom. The third kappa shape index (κ3) is 5.46. The molecule has 1 aromatic carbocycles. The second-order valence-corrected chi connectivity index (χ2v) is 8.85. The quantitative estimate of drug-likeness (QED) is 0.467. The summed E-state index contributed by atoms with van der Waals surface area (Å²) in [6.07, 6.45) is 1.63. The molecule has 1 aliphatic rings. The summed E-state index contributed by atoms with van der Waals surface area (Å²) < 4.78 is 1.49. The third-order valence-electron chi connectivity index (χ3n) is 5.73. The van der Waals surface area contributed by atoms with E-state index >= 15 is 0 Å². The smallest absolute Gasteiger partial charge is 0.269 e. The molecular formula is C23H29ClN8O2. The maximum absolute atomic E-state index is 12.4. The van der Waals surface area contributed by atoms with Gasteiger partial charge in [-0.2, -0.15) is 5.10 Å². The molecule has 3 N–H and O–H groups in total. The van der Waals surface area contributed by atoms with Gasteiger partial charge in [-0.1, -0.05) is 11.6 Å². The standard InChI is InChI=1S/C23H29ClN8O2/c1-15(14-33)26-22(34)21-13-19(29-31(21)3)18-6-7-25-23(28-18)27-16-4-5-20(17(24)12-16)32-10-8-30(2)9-11-32/h4-7,12-13,15,33H,8-11,14H2,1-3H3,(H,26,34)(H,25,27,28). The number of aromatic nitrogens is 4. The van der Waals surface area contributed by atoms with Crippen LogP contribution in [0.1, 0.15) is 17.4 Å². The number of rotatable bonds is 7. The first-order valence-electron chi connectivity index (χ1n) is 11.1. The third-order valence-corrected chi connectivity index (χ3v) is 6.03. The van der Waals surface area contributed by atoms with E-state index in [-0.39, 0.29) is 18.6 Å². The number of carbonyl (C=O) groups is 1. The molecular weight excluding hydrogens is 456 g/mol. The van der Waals surface area contributed by atoms with Crippen molar-refractivity contribution in [3.8, 4) is 11.4 Å². The summed E-state index contributed by atoms with van der Waals surface area (Å²) >= 11 is 6.59. The minimum Gasteiger partial charge on any atom is -0.394 e. The van der Waals surface area contributed by atoms with Gasteiger partial charge in [0, 0.05) is 51.2 Å². The minimum atomic E-state index is -0.352. The van der Waals surface area contributed by atoms with E-state index in [0.717, 1.165) is 37.6 Å². The number of aryl methyl sites for hydroxylation is 1. The lowest BCUT2D eigenvalue weighted by molar-refractivity contribution is 0.0912. The molecule has 1 atom stereocenters. The van der Waals surface area contributed by atoms with E-state index in [1.165, 1.54) is 4.68 Å². The van der Waals surface area contributed by atoms with Crippen LogP contribution in [0.2, 0.25) is 5.02 Å². The maximum Gasteiger partial charge on any atom is 0.269 e. The minimum absolute atomic E-state index is 0.141. The zero-order chi connectivity index (χ0) is 24.2. The van der Waals surface area contributed by atoms with Crippen LogP contribution in [0.4, 0.5) is 17.3 Å². The number of hydrogen-bond donors (Lipinski definition) is 3. The SMILES string of the molecule is CC(CO)NC(=O)c1cc(-c2ccnc(Nc3ccc(N4CCN(C)CC4)c(Cl)c3)n2)nn1C. The average Bonchev–Trinajstić information content (AvgIpc) is 3.22. The van der Waals surface area contributed by atoms with Crippen molar-refractivity contribution in [2.24, 2.45) is 7.05 Å². The van der Waals surface area contributed by atoms with Crippen LogP contribution in [0.15, 0.2) is 36.5 Å². The van der Waals surface area contributed by atoms with Gasteiger partial charge in [0.1, 0.15) is 11.4 Å². The number of anilines is 3. The second-order valence-electron chi connectivity index (χ2n) is 8.44. The molecule has 0 aliphatic carbocycles. The van der Waals surface area contributed by atoms with Crippen LogP contribution in [0, 0.1) is 0 Å². The molecule has 34 heavy (non-hydrogen) atoms. The molecule has 1 aliphatic heterocycles. The fourth-order valence-electron chi connectivity index (χ4n) is 3.73. The predicted molar refractivity (Wildman–Crippen MR) is 133 cm³/mol. The van der Waals surface area contributed by atoms with E-state index in [2.05, 4.69) is 42.5 Å². The molecule has 10 nitrogen and oxygen atoms in total. The van der Waals surface area contributed by atoms with Gasteiger partial charge in [-0.05, 0) is 44.3 Å². The molecule has 3 heterocycles. The van der Waals surface area contributed by atoms with E-state index in [1.807, 2.05) is 18.2 Å². The topological polar surface area (TPSA) is 111 Å². The molecule has 0 spiro atoms. The first-order chi connectivity index (χ1) is 16.3. The lowest BCUT2D eigenvalue weighted by atomic mass is 10.2. The molecule has 180 valence electrons. The van der Waals surface area contributed by atoms with Gasteiger partial charge in [-0.15, -0.1) is 0 Å². The second kappa shape index (κ2) is 10.4. The largest absolute Gasteiger partial charge is 0.394 e. The average molecular weight is 485 g/mol. The van der Waals surface area contributed by atoms with Crippen LogP contribution in [0.5, 0.6) is 0 Å². The summed E-state index contributed by atoms with van der Waals surface area (Å²) in [5, 5.41) is 20.2. The molecule has 11 heteroatoms. The van der Waals surface area contributed by atoms with Gasteiger partial charge < -0.3 is 25.5 Å². The number of likely N-dealkylation sites (N-methyl/N-ethyl adjacent to an activating group) is 1. The van der Waals surface area contributed by atoms with Gasteiger partial charge in [-0.3, -0.25) is 9.48 Å². The lowest BCUT2D eigenvalue weighted by Gasteiger charge is -2.34. The van der Waals surface area contributed by atoms with Crippen molar-refractivity contribution < 1.29 is 9.90 Å². The molecule has 1 fully saturated rings. The number of halogens is 1. The molecule has 0 saturated carbocycles. The summed E-state index contributed by atoms with van der Waals surface area (Å²) in [4.78, 5) is 25.9. The molecule has 0 bridgehead atoms. The fourth-order valence-corrected chi connectivity index (χ4v) is 4.03. The normalized spacial score (nSPS) is 15.3. The van der Waals surface area contributed by atoms with E-state index in [1.54, 1.807) is 32.3 Å². The number of nitrogens with zero attached hydrogens (tertiary/aromatic N) is 6. The van der Waals surface area contributed by atoms with Gasteiger partial charge in [0.05, 0.1) is 23.0 Å². The van der Waals surface area contributed by atoms with Crippen molar-refractivity contribution >= 4 is 34.8 Å². The summed E-state index contributed by atoms with van der Waals surface area (Å²) in [7, 11) is 3.81. The highest BCUT2D eigenvalue weighted by Crippen LogP contribution is 2.30. The Morgan fingerprint density at radius 1 is 1.15 bits per heavy atom. The molecule has 4 rings (SSSR count). The number of benzene rings is 1. The van der Waals surface area contributed by atoms with E-state index in [9.17, 15) is 4.79 Å². The summed E-state index contributed by atoms with van der Waals surface area (Å²) in [5.74, 6) is 0.0803. The van der Waals surface area contributed by atoms with Crippen LogP contribution >= 0.6 is 11.6 Å². The Hall–Kier alpha value is -3.21. The number of piperazine rings is 1. The molecule has 1 saturated heterocycles. The molecule has 1 amide bonds. The van der Waals surface area contributed by atoms with E-state index in [0.29, 0.717) is 28.1 Å². The number of aliphatic hydroxyl groups excluding tert-OH is 1. The Bertz CT molecular complexity index is 1160. The van der Waals surface area contributed by atoms with Crippen molar-refractivity contribution in [3.05, 3.63) is 47.2 Å². The van der Waals surface area contributed by atoms with Crippen molar-refractivity contribution in [2.75, 3.05) is 50.1 Å². The Balaban J connectivity index is 1.49. The van der Waals surface area contributed by atoms with Gasteiger partial charge in [0.2, 0.25) is 5.95 Å². The van der Waals surface area contributed by atoms with Gasteiger partial charge in [-0.25, -0.2) is 9.97 Å². The lowest BCUT2D eigenvalue weighted by Crippen LogP contribution is -2.44. The molecule has 0 radical (unpaired) electrons. The maximum atomic E-state index is 12.4. The highest BCUT2D eigenvalue weighted by atomic mass is 35.5. The number of hydrogen-bond acceptors (Lipinski definition) is 8. The van der Waals surface area contributed by atoms with Crippen LogP contribution in [-0.2, 0) is 7.05 Å². The van der Waals surface area contributed by atoms with E-state index in [4.69, 9.17) is 16.7 Å². The van der Waals surface area contributed by atoms with E-state index < -0.39 is 0 Å². The van der Waals surface area contributed by atoms with Gasteiger partial charge >= 0.3 is 0 Å². The number of carbonyl (C=O) groups excluding carboxylic acids is 1. The molecule has 3 aromatic rings. The highest BCUT2D eigenvalue weighted by Gasteiger charge is 2.18.